The Morgan fingerprint density at radius 1 is 1.40 bits per heavy atom. The quantitative estimate of drug-likeness (QED) is 0.587. The second-order valence-corrected chi connectivity index (χ2v) is 2.82. The first kappa shape index (κ1) is 7.73. The Balaban J connectivity index is 2.35. The Hall–Kier alpha value is -0.370. The van der Waals surface area contributed by atoms with E-state index in [9.17, 15) is 4.79 Å². The lowest BCUT2D eigenvalue weighted by atomic mass is 10.1. The van der Waals surface area contributed by atoms with Gasteiger partial charge in [-0.05, 0) is 19.4 Å². The van der Waals surface area contributed by atoms with Gasteiger partial charge in [-0.1, -0.05) is 12.8 Å². The van der Waals surface area contributed by atoms with Crippen LogP contribution in [-0.2, 0) is 4.79 Å². The Labute approximate surface area is 62.0 Å². The van der Waals surface area contributed by atoms with Crippen molar-refractivity contribution in [3.05, 3.63) is 6.92 Å². The van der Waals surface area contributed by atoms with Crippen LogP contribution in [0.4, 0.5) is 0 Å². The van der Waals surface area contributed by atoms with Crippen molar-refractivity contribution in [1.82, 2.24) is 5.32 Å². The third-order valence-corrected chi connectivity index (χ3v) is 1.95. The van der Waals surface area contributed by atoms with E-state index in [1.807, 2.05) is 0 Å². The summed E-state index contributed by atoms with van der Waals surface area (Å²) in [6.45, 7) is 4.38. The van der Waals surface area contributed by atoms with Gasteiger partial charge in [-0.2, -0.15) is 0 Å². The molecule has 2 heteroatoms. The summed E-state index contributed by atoms with van der Waals surface area (Å²) in [6, 6.07) is 0.0440. The molecular formula is C8H14NO. The second-order valence-electron chi connectivity index (χ2n) is 2.82. The van der Waals surface area contributed by atoms with Crippen molar-refractivity contribution < 1.29 is 4.79 Å². The smallest absolute Gasteiger partial charge is 0.150 e. The lowest BCUT2D eigenvalue weighted by molar-refractivity contribution is -0.116. The van der Waals surface area contributed by atoms with E-state index in [1.165, 1.54) is 19.3 Å². The summed E-state index contributed by atoms with van der Waals surface area (Å²) in [5, 5.41) is 3.17. The number of rotatable bonds is 1. The normalized spacial score (nSPS) is 27.5. The molecule has 1 unspecified atom stereocenters. The molecule has 1 aliphatic heterocycles. The van der Waals surface area contributed by atoms with Crippen LogP contribution in [0.25, 0.3) is 0 Å². The highest BCUT2D eigenvalue weighted by atomic mass is 16.1. The Kier molecular flexibility index (Phi) is 2.87. The minimum Gasteiger partial charge on any atom is -0.307 e. The van der Waals surface area contributed by atoms with E-state index >= 15 is 0 Å². The monoisotopic (exact) mass is 140 g/mol. The van der Waals surface area contributed by atoms with Gasteiger partial charge < -0.3 is 5.32 Å². The van der Waals surface area contributed by atoms with Crippen LogP contribution in [0, 0.1) is 6.92 Å². The van der Waals surface area contributed by atoms with Gasteiger partial charge in [0.25, 0.3) is 0 Å². The molecule has 10 heavy (non-hydrogen) atoms. The van der Waals surface area contributed by atoms with Crippen LogP contribution in [0.3, 0.4) is 0 Å². The van der Waals surface area contributed by atoms with Crippen LogP contribution in [0.15, 0.2) is 0 Å². The largest absolute Gasteiger partial charge is 0.307 e. The van der Waals surface area contributed by atoms with Gasteiger partial charge in [-0.3, -0.25) is 4.79 Å². The lowest BCUT2D eigenvalue weighted by Gasteiger charge is -2.10. The topological polar surface area (TPSA) is 29.1 Å². The van der Waals surface area contributed by atoms with E-state index < -0.39 is 0 Å². The van der Waals surface area contributed by atoms with Gasteiger partial charge in [0.05, 0.1) is 6.04 Å². The second kappa shape index (κ2) is 3.71. The maximum absolute atomic E-state index is 10.8. The molecule has 1 rings (SSSR count). The lowest BCUT2D eigenvalue weighted by Crippen LogP contribution is -2.34. The van der Waals surface area contributed by atoms with Gasteiger partial charge in [-0.25, -0.2) is 0 Å². The van der Waals surface area contributed by atoms with Crippen molar-refractivity contribution in [3.8, 4) is 0 Å². The third-order valence-electron chi connectivity index (χ3n) is 1.95. The zero-order valence-corrected chi connectivity index (χ0v) is 6.23. The maximum Gasteiger partial charge on any atom is 0.150 e. The van der Waals surface area contributed by atoms with Crippen molar-refractivity contribution in [2.24, 2.45) is 0 Å². The molecule has 0 bridgehead atoms. The average Bonchev–Trinajstić information content (AvgIpc) is 2.12. The molecule has 1 fully saturated rings. The summed E-state index contributed by atoms with van der Waals surface area (Å²) >= 11 is 0. The molecule has 1 aliphatic rings. The number of nitrogens with one attached hydrogen (secondary N) is 1. The highest BCUT2D eigenvalue weighted by molar-refractivity contribution is 5.87. The van der Waals surface area contributed by atoms with Gasteiger partial charge >= 0.3 is 0 Å². The van der Waals surface area contributed by atoms with Gasteiger partial charge in [0, 0.05) is 6.92 Å². The van der Waals surface area contributed by atoms with Crippen molar-refractivity contribution in [2.45, 2.75) is 31.7 Å². The Bertz CT molecular complexity index is 114. The van der Waals surface area contributed by atoms with E-state index in [4.69, 9.17) is 0 Å². The summed E-state index contributed by atoms with van der Waals surface area (Å²) in [5.74, 6) is 0.0434. The molecule has 0 aromatic rings. The number of carbonyl (C=O) groups excluding carboxylic acids is 1. The first-order chi connectivity index (χ1) is 4.80. The number of ketones is 1. The molecule has 0 saturated carbocycles. The van der Waals surface area contributed by atoms with Crippen LogP contribution in [0.2, 0.25) is 0 Å². The molecule has 1 radical (unpaired) electrons. The third kappa shape index (κ3) is 2.10. The highest BCUT2D eigenvalue weighted by Gasteiger charge is 2.14. The summed E-state index contributed by atoms with van der Waals surface area (Å²) in [5.41, 5.74) is 0. The summed E-state index contributed by atoms with van der Waals surface area (Å²) in [6.07, 6.45) is 4.59. The molecule has 1 saturated heterocycles. The molecule has 0 aromatic carbocycles. The molecule has 1 atom stereocenters. The van der Waals surface area contributed by atoms with Crippen molar-refractivity contribution in [2.75, 3.05) is 6.54 Å². The van der Waals surface area contributed by atoms with Gasteiger partial charge in [-0.15, -0.1) is 0 Å². The fraction of sp³-hybridized carbons (Fsp3) is 0.750. The van der Waals surface area contributed by atoms with Crippen LogP contribution in [0.1, 0.15) is 25.7 Å². The molecular weight excluding hydrogens is 126 g/mol. The molecule has 57 valence electrons. The molecule has 1 N–H and O–H groups in total. The van der Waals surface area contributed by atoms with E-state index in [1.54, 1.807) is 0 Å². The summed E-state index contributed by atoms with van der Waals surface area (Å²) < 4.78 is 0. The first-order valence-electron chi connectivity index (χ1n) is 3.90. The van der Waals surface area contributed by atoms with Gasteiger partial charge in [0.2, 0.25) is 0 Å². The molecule has 0 amide bonds. The fourth-order valence-corrected chi connectivity index (χ4v) is 1.30. The zero-order valence-electron chi connectivity index (χ0n) is 6.23. The minimum absolute atomic E-state index is 0.0434. The number of Topliss-reactive ketones (excluding diaryl/α,β-unsaturated/α-hetero) is 1. The van der Waals surface area contributed by atoms with Crippen LogP contribution in [-0.4, -0.2) is 18.4 Å². The summed E-state index contributed by atoms with van der Waals surface area (Å²) in [4.78, 5) is 10.8. The van der Waals surface area contributed by atoms with Crippen LogP contribution in [0.5, 0.6) is 0 Å². The van der Waals surface area contributed by atoms with Crippen LogP contribution >= 0.6 is 0 Å². The predicted molar refractivity (Wildman–Crippen MR) is 40.6 cm³/mol. The number of hydrogen-bond acceptors (Lipinski definition) is 2. The van der Waals surface area contributed by atoms with E-state index in [0.29, 0.717) is 0 Å². The number of carbonyl (C=O) groups is 1. The summed E-state index contributed by atoms with van der Waals surface area (Å²) in [7, 11) is 0. The van der Waals surface area contributed by atoms with Gasteiger partial charge in [0.15, 0.2) is 0 Å². The standard InChI is InChI=1S/C8H14NO/c1-7(10)8-5-3-2-4-6-9-8/h8-9H,1-6H2. The molecule has 2 nitrogen and oxygen atoms in total. The highest BCUT2D eigenvalue weighted by Crippen LogP contribution is 2.08. The van der Waals surface area contributed by atoms with Crippen LogP contribution < -0.4 is 5.32 Å². The Morgan fingerprint density at radius 2 is 2.20 bits per heavy atom. The molecule has 0 spiro atoms. The van der Waals surface area contributed by atoms with Crippen molar-refractivity contribution in [3.63, 3.8) is 0 Å². The molecule has 1 heterocycles. The predicted octanol–water partition coefficient (Wildman–Crippen LogP) is 0.922. The maximum atomic E-state index is 10.8. The SMILES string of the molecule is [CH2]C(=O)C1CCCCCN1. The zero-order chi connectivity index (χ0) is 7.40. The van der Waals surface area contributed by atoms with E-state index in [-0.39, 0.29) is 11.8 Å². The Morgan fingerprint density at radius 3 is 2.90 bits per heavy atom. The molecule has 0 aliphatic carbocycles. The fourth-order valence-electron chi connectivity index (χ4n) is 1.30. The van der Waals surface area contributed by atoms with E-state index in [0.717, 1.165) is 13.0 Å². The average molecular weight is 140 g/mol. The van der Waals surface area contributed by atoms with Crippen molar-refractivity contribution >= 4 is 5.78 Å². The number of hydrogen-bond donors (Lipinski definition) is 1. The first-order valence-corrected chi connectivity index (χ1v) is 3.90. The van der Waals surface area contributed by atoms with E-state index in [2.05, 4.69) is 12.2 Å². The minimum atomic E-state index is 0.0434. The molecule has 0 aromatic heterocycles. The van der Waals surface area contributed by atoms with Gasteiger partial charge in [0.1, 0.15) is 5.78 Å². The van der Waals surface area contributed by atoms with Crippen molar-refractivity contribution in [1.29, 1.82) is 0 Å².